The molecule has 1 aliphatic rings. The minimum Gasteiger partial charge on any atom is -0.491 e. The van der Waals surface area contributed by atoms with Crippen LogP contribution in [0.25, 0.3) is 0 Å². The molecule has 1 saturated heterocycles. The number of likely N-dealkylation sites (tertiary alicyclic amines) is 1. The van der Waals surface area contributed by atoms with Gasteiger partial charge in [0.05, 0.1) is 5.69 Å². The molecule has 164 valence electrons. The second-order valence-corrected chi connectivity index (χ2v) is 9.15. The van der Waals surface area contributed by atoms with Gasteiger partial charge in [-0.25, -0.2) is 0 Å². The Bertz CT molecular complexity index is 890. The molecule has 1 aromatic heterocycles. The number of nitrogens with zero attached hydrogens (tertiary/aromatic N) is 3. The fourth-order valence-corrected chi connectivity index (χ4v) is 3.95. The van der Waals surface area contributed by atoms with Crippen molar-refractivity contribution in [3.63, 3.8) is 0 Å². The number of hydrogen-bond acceptors (Lipinski definition) is 4. The molecular weight excluding hydrogens is 378 g/mol. The van der Waals surface area contributed by atoms with Crippen molar-refractivity contribution >= 4 is 5.91 Å². The van der Waals surface area contributed by atoms with Crippen LogP contribution in [0.3, 0.4) is 0 Å². The predicted octanol–water partition coefficient (Wildman–Crippen LogP) is 3.67. The van der Waals surface area contributed by atoms with Crippen molar-refractivity contribution < 1.29 is 14.6 Å². The van der Waals surface area contributed by atoms with Gasteiger partial charge >= 0.3 is 0 Å². The summed E-state index contributed by atoms with van der Waals surface area (Å²) in [5.41, 5.74) is 3.02. The minimum absolute atomic E-state index is 0.0145. The van der Waals surface area contributed by atoms with Gasteiger partial charge < -0.3 is 14.7 Å². The maximum Gasteiger partial charge on any atom is 0.272 e. The third kappa shape index (κ3) is 5.42. The molecule has 0 aliphatic carbocycles. The molecule has 6 nitrogen and oxygen atoms in total. The van der Waals surface area contributed by atoms with E-state index < -0.39 is 5.60 Å². The molecule has 30 heavy (non-hydrogen) atoms. The van der Waals surface area contributed by atoms with Gasteiger partial charge in [-0.05, 0) is 74.8 Å². The summed E-state index contributed by atoms with van der Waals surface area (Å²) in [6.45, 7) is 9.79. The van der Waals surface area contributed by atoms with E-state index in [-0.39, 0.29) is 12.5 Å². The lowest BCUT2D eigenvalue weighted by Gasteiger charge is -2.27. The standard InChI is InChI=1S/C24H35N3O3/c1-17(2)13-20-15-22(26(5)25-20)23(28)27-11-6-9-24(29,10-12-27)16-30-21-8-7-18(3)19(4)14-21/h7-8,14-15,17,29H,6,9-13,16H2,1-5H3/t24-/m1/s1. The maximum atomic E-state index is 13.1. The van der Waals surface area contributed by atoms with E-state index in [0.29, 0.717) is 37.5 Å². The van der Waals surface area contributed by atoms with Gasteiger partial charge in [-0.15, -0.1) is 0 Å². The summed E-state index contributed by atoms with van der Waals surface area (Å²) in [4.78, 5) is 14.9. The third-order valence-electron chi connectivity index (χ3n) is 5.96. The normalized spacial score (nSPS) is 19.8. The SMILES string of the molecule is Cc1ccc(OC[C@@]2(O)CCCN(C(=O)c3cc(CC(C)C)nn3C)CC2)cc1C. The van der Waals surface area contributed by atoms with E-state index in [1.807, 2.05) is 36.2 Å². The summed E-state index contributed by atoms with van der Waals surface area (Å²) >= 11 is 0. The zero-order valence-electron chi connectivity index (χ0n) is 18.9. The molecule has 0 radical (unpaired) electrons. The highest BCUT2D eigenvalue weighted by Gasteiger charge is 2.33. The lowest BCUT2D eigenvalue weighted by atomic mass is 9.96. The fraction of sp³-hybridized carbons (Fsp3) is 0.583. The van der Waals surface area contributed by atoms with Crippen molar-refractivity contribution in [2.75, 3.05) is 19.7 Å². The number of amides is 1. The number of aliphatic hydroxyl groups is 1. The quantitative estimate of drug-likeness (QED) is 0.785. The summed E-state index contributed by atoms with van der Waals surface area (Å²) in [5, 5.41) is 15.6. The Morgan fingerprint density at radius 3 is 2.67 bits per heavy atom. The topological polar surface area (TPSA) is 67.6 Å². The van der Waals surface area contributed by atoms with Crippen molar-refractivity contribution in [2.24, 2.45) is 13.0 Å². The smallest absolute Gasteiger partial charge is 0.272 e. The number of carbonyl (C=O) groups excluding carboxylic acids is 1. The first kappa shape index (κ1) is 22.3. The summed E-state index contributed by atoms with van der Waals surface area (Å²) in [6, 6.07) is 7.88. The molecule has 2 aromatic rings. The summed E-state index contributed by atoms with van der Waals surface area (Å²) < 4.78 is 7.59. The average Bonchev–Trinajstić information content (AvgIpc) is 2.91. The van der Waals surface area contributed by atoms with Gasteiger partial charge in [0.2, 0.25) is 0 Å². The van der Waals surface area contributed by atoms with Gasteiger partial charge in [0.1, 0.15) is 23.7 Å². The molecule has 1 aliphatic heterocycles. The first-order valence-electron chi connectivity index (χ1n) is 10.9. The molecule has 0 unspecified atom stereocenters. The molecule has 0 spiro atoms. The molecule has 0 saturated carbocycles. The van der Waals surface area contributed by atoms with E-state index in [1.165, 1.54) is 11.1 Å². The number of aryl methyl sites for hydroxylation is 3. The number of ether oxygens (including phenoxy) is 1. The average molecular weight is 414 g/mol. The highest BCUT2D eigenvalue weighted by atomic mass is 16.5. The molecule has 1 atom stereocenters. The van der Waals surface area contributed by atoms with E-state index in [9.17, 15) is 9.90 Å². The fourth-order valence-electron chi connectivity index (χ4n) is 3.95. The van der Waals surface area contributed by atoms with Crippen molar-refractivity contribution in [1.82, 2.24) is 14.7 Å². The highest BCUT2D eigenvalue weighted by Crippen LogP contribution is 2.26. The number of benzene rings is 1. The maximum absolute atomic E-state index is 13.1. The highest BCUT2D eigenvalue weighted by molar-refractivity contribution is 5.92. The van der Waals surface area contributed by atoms with Crippen molar-refractivity contribution in [3.8, 4) is 5.75 Å². The lowest BCUT2D eigenvalue weighted by molar-refractivity contribution is -0.0163. The van der Waals surface area contributed by atoms with Crippen LogP contribution in [0.5, 0.6) is 5.75 Å². The number of hydrogen-bond donors (Lipinski definition) is 1. The van der Waals surface area contributed by atoms with Crippen LogP contribution in [0.1, 0.15) is 60.4 Å². The Balaban J connectivity index is 1.61. The van der Waals surface area contributed by atoms with Crippen LogP contribution in [-0.2, 0) is 13.5 Å². The molecule has 0 bridgehead atoms. The van der Waals surface area contributed by atoms with Gasteiger partial charge in [-0.2, -0.15) is 5.10 Å². The van der Waals surface area contributed by atoms with E-state index in [2.05, 4.69) is 32.8 Å². The van der Waals surface area contributed by atoms with Crippen LogP contribution < -0.4 is 4.74 Å². The van der Waals surface area contributed by atoms with Crippen molar-refractivity contribution in [1.29, 1.82) is 0 Å². The van der Waals surface area contributed by atoms with E-state index in [1.54, 1.807) is 4.68 Å². The second kappa shape index (κ2) is 9.21. The van der Waals surface area contributed by atoms with Crippen LogP contribution in [0.2, 0.25) is 0 Å². The van der Waals surface area contributed by atoms with Gasteiger partial charge in [-0.1, -0.05) is 19.9 Å². The zero-order valence-corrected chi connectivity index (χ0v) is 18.9. The van der Waals surface area contributed by atoms with Gasteiger partial charge in [0.15, 0.2) is 0 Å². The Morgan fingerprint density at radius 1 is 1.20 bits per heavy atom. The summed E-state index contributed by atoms with van der Waals surface area (Å²) in [5.74, 6) is 1.25. The molecule has 1 N–H and O–H groups in total. The van der Waals surface area contributed by atoms with Gasteiger partial charge in [0, 0.05) is 20.1 Å². The van der Waals surface area contributed by atoms with E-state index in [0.717, 1.165) is 24.3 Å². The van der Waals surface area contributed by atoms with Gasteiger partial charge in [0.25, 0.3) is 5.91 Å². The largest absolute Gasteiger partial charge is 0.491 e. The molecular formula is C24H35N3O3. The molecule has 6 heteroatoms. The first-order chi connectivity index (χ1) is 14.2. The Morgan fingerprint density at radius 2 is 1.97 bits per heavy atom. The van der Waals surface area contributed by atoms with Crippen molar-refractivity contribution in [2.45, 2.75) is 59.0 Å². The zero-order chi connectivity index (χ0) is 21.9. The summed E-state index contributed by atoms with van der Waals surface area (Å²) in [7, 11) is 1.82. The lowest BCUT2D eigenvalue weighted by Crippen LogP contribution is -2.38. The molecule has 3 rings (SSSR count). The first-order valence-corrected chi connectivity index (χ1v) is 10.9. The summed E-state index contributed by atoms with van der Waals surface area (Å²) in [6.07, 6.45) is 2.72. The van der Waals surface area contributed by atoms with Crippen LogP contribution in [-0.4, -0.2) is 51.0 Å². The van der Waals surface area contributed by atoms with E-state index >= 15 is 0 Å². The minimum atomic E-state index is -0.927. The monoisotopic (exact) mass is 413 g/mol. The number of carbonyl (C=O) groups is 1. The van der Waals surface area contributed by atoms with Gasteiger partial charge in [-0.3, -0.25) is 9.48 Å². The van der Waals surface area contributed by atoms with E-state index in [4.69, 9.17) is 4.74 Å². The van der Waals surface area contributed by atoms with Crippen LogP contribution in [0, 0.1) is 19.8 Å². The molecule has 1 fully saturated rings. The Labute approximate surface area is 179 Å². The Kier molecular flexibility index (Phi) is 6.86. The number of aromatic nitrogens is 2. The number of rotatable bonds is 6. The Hall–Kier alpha value is -2.34. The van der Waals surface area contributed by atoms with Crippen LogP contribution in [0.15, 0.2) is 24.3 Å². The third-order valence-corrected chi connectivity index (χ3v) is 5.96. The van der Waals surface area contributed by atoms with Crippen LogP contribution >= 0.6 is 0 Å². The predicted molar refractivity (Wildman–Crippen MR) is 118 cm³/mol. The molecule has 1 amide bonds. The van der Waals surface area contributed by atoms with Crippen LogP contribution in [0.4, 0.5) is 0 Å². The second-order valence-electron chi connectivity index (χ2n) is 9.15. The molecule has 2 heterocycles. The molecule has 1 aromatic carbocycles. The van der Waals surface area contributed by atoms with Crippen molar-refractivity contribution in [3.05, 3.63) is 46.8 Å².